The third-order valence-corrected chi connectivity index (χ3v) is 3.39. The summed E-state index contributed by atoms with van der Waals surface area (Å²) >= 11 is 0. The van der Waals surface area contributed by atoms with Crippen LogP contribution < -0.4 is 0 Å². The zero-order valence-corrected chi connectivity index (χ0v) is 11.4. The molecule has 2 unspecified atom stereocenters. The van der Waals surface area contributed by atoms with Crippen molar-refractivity contribution in [3.8, 4) is 0 Å². The maximum Gasteiger partial charge on any atom is 0.345 e. The van der Waals surface area contributed by atoms with Crippen molar-refractivity contribution in [2.24, 2.45) is 5.92 Å². The molecule has 0 aliphatic carbocycles. The van der Waals surface area contributed by atoms with Crippen LogP contribution >= 0.6 is 0 Å². The van der Waals surface area contributed by atoms with E-state index in [1.54, 1.807) is 0 Å². The second-order valence-electron chi connectivity index (χ2n) is 5.28. The Morgan fingerprint density at radius 2 is 1.94 bits per heavy atom. The maximum atomic E-state index is 11.8. The monoisotopic (exact) mass is 248 g/mol. The van der Waals surface area contributed by atoms with Crippen LogP contribution in [-0.2, 0) is 26.3 Å². The van der Waals surface area contributed by atoms with Crippen LogP contribution in [-0.4, -0.2) is 19.2 Å². The van der Waals surface area contributed by atoms with E-state index in [2.05, 4.69) is 26.0 Å². The van der Waals surface area contributed by atoms with Gasteiger partial charge in [0.15, 0.2) is 0 Å². The fraction of sp³-hybridized carbons (Fsp3) is 0.533. The zero-order chi connectivity index (χ0) is 13.3. The van der Waals surface area contributed by atoms with Crippen molar-refractivity contribution >= 4 is 5.97 Å². The molecule has 98 valence electrons. The summed E-state index contributed by atoms with van der Waals surface area (Å²) in [4.78, 5) is 11.8. The summed E-state index contributed by atoms with van der Waals surface area (Å²) in [7, 11) is 1.39. The Labute approximate surface area is 108 Å². The molecule has 2 atom stereocenters. The van der Waals surface area contributed by atoms with Gasteiger partial charge in [0.2, 0.25) is 5.60 Å². The number of epoxide rings is 1. The Bertz CT molecular complexity index is 436. The number of esters is 1. The number of hydrogen-bond acceptors (Lipinski definition) is 3. The lowest BCUT2D eigenvalue weighted by Crippen LogP contribution is -2.25. The van der Waals surface area contributed by atoms with E-state index in [0.717, 1.165) is 12.0 Å². The summed E-state index contributed by atoms with van der Waals surface area (Å²) in [5, 5.41) is 0. The van der Waals surface area contributed by atoms with Gasteiger partial charge in [0.25, 0.3) is 0 Å². The molecule has 1 saturated heterocycles. The zero-order valence-electron chi connectivity index (χ0n) is 11.4. The Kier molecular flexibility index (Phi) is 3.44. The number of carbonyl (C=O) groups is 1. The first kappa shape index (κ1) is 13.1. The summed E-state index contributed by atoms with van der Waals surface area (Å²) in [5.74, 6) is 0.313. The van der Waals surface area contributed by atoms with Gasteiger partial charge in [-0.15, -0.1) is 0 Å². The second-order valence-corrected chi connectivity index (χ2v) is 5.28. The maximum absolute atomic E-state index is 11.8. The molecule has 2 rings (SSSR count). The van der Waals surface area contributed by atoms with Crippen molar-refractivity contribution in [2.75, 3.05) is 7.11 Å². The minimum absolute atomic E-state index is 0.110. The Hall–Kier alpha value is -1.35. The van der Waals surface area contributed by atoms with Crippen LogP contribution in [0.4, 0.5) is 0 Å². The van der Waals surface area contributed by atoms with Gasteiger partial charge >= 0.3 is 5.97 Å². The van der Waals surface area contributed by atoms with E-state index in [1.807, 2.05) is 19.1 Å². The van der Waals surface area contributed by atoms with Gasteiger partial charge in [0.1, 0.15) is 6.10 Å². The standard InChI is InChI=1S/C15H20O3/c1-10(2)9-12-5-7-13(8-6-12)15(11(3)18-15)14(16)17-4/h5-8,10-11H,9H2,1-4H3. The molecule has 1 fully saturated rings. The molecule has 18 heavy (non-hydrogen) atoms. The summed E-state index contributed by atoms with van der Waals surface area (Å²) in [6.07, 6.45) is 0.933. The lowest BCUT2D eigenvalue weighted by Gasteiger charge is -2.12. The van der Waals surface area contributed by atoms with Crippen molar-refractivity contribution in [1.29, 1.82) is 0 Å². The van der Waals surface area contributed by atoms with E-state index < -0.39 is 5.60 Å². The highest BCUT2D eigenvalue weighted by Crippen LogP contribution is 2.47. The molecule has 0 amide bonds. The first-order valence-corrected chi connectivity index (χ1v) is 6.36. The summed E-state index contributed by atoms with van der Waals surface area (Å²) < 4.78 is 10.3. The van der Waals surface area contributed by atoms with Gasteiger partial charge in [-0.2, -0.15) is 0 Å². The van der Waals surface area contributed by atoms with Crippen molar-refractivity contribution in [2.45, 2.75) is 38.9 Å². The van der Waals surface area contributed by atoms with Crippen LogP contribution in [0, 0.1) is 5.92 Å². The molecule has 0 saturated carbocycles. The molecule has 0 aromatic heterocycles. The van der Waals surface area contributed by atoms with E-state index in [0.29, 0.717) is 5.92 Å². The molecule has 1 aromatic rings. The highest BCUT2D eigenvalue weighted by molar-refractivity contribution is 5.85. The van der Waals surface area contributed by atoms with Crippen LogP contribution in [0.2, 0.25) is 0 Å². The van der Waals surface area contributed by atoms with Crippen molar-refractivity contribution in [3.63, 3.8) is 0 Å². The predicted octanol–water partition coefficient (Wildman–Crippen LogP) is 2.67. The smallest absolute Gasteiger partial charge is 0.345 e. The first-order chi connectivity index (χ1) is 8.50. The highest BCUT2D eigenvalue weighted by atomic mass is 16.7. The van der Waals surface area contributed by atoms with Crippen molar-refractivity contribution in [1.82, 2.24) is 0 Å². The van der Waals surface area contributed by atoms with Crippen LogP contribution in [0.1, 0.15) is 31.9 Å². The van der Waals surface area contributed by atoms with Crippen molar-refractivity contribution < 1.29 is 14.3 Å². The minimum atomic E-state index is -0.870. The Morgan fingerprint density at radius 3 is 2.33 bits per heavy atom. The van der Waals surface area contributed by atoms with Gasteiger partial charge in [-0.1, -0.05) is 38.1 Å². The van der Waals surface area contributed by atoms with Crippen LogP contribution in [0.5, 0.6) is 0 Å². The van der Waals surface area contributed by atoms with Crippen LogP contribution in [0.25, 0.3) is 0 Å². The molecule has 0 radical (unpaired) electrons. The number of rotatable bonds is 4. The molecule has 1 aliphatic rings. The van der Waals surface area contributed by atoms with Gasteiger partial charge in [-0.05, 0) is 30.4 Å². The fourth-order valence-corrected chi connectivity index (χ4v) is 2.39. The molecule has 1 heterocycles. The molecular formula is C15H20O3. The average Bonchev–Trinajstić information content (AvgIpc) is 3.01. The molecule has 1 aromatic carbocycles. The average molecular weight is 248 g/mol. The fourth-order valence-electron chi connectivity index (χ4n) is 2.39. The summed E-state index contributed by atoms with van der Waals surface area (Å²) in [6, 6.07) is 8.07. The molecule has 0 N–H and O–H groups in total. The van der Waals surface area contributed by atoms with Crippen LogP contribution in [0.3, 0.4) is 0 Å². The summed E-state index contributed by atoms with van der Waals surface area (Å²) in [5.41, 5.74) is 1.29. The van der Waals surface area contributed by atoms with Gasteiger partial charge in [0, 0.05) is 0 Å². The molecule has 3 heteroatoms. The van der Waals surface area contributed by atoms with Crippen molar-refractivity contribution in [3.05, 3.63) is 35.4 Å². The largest absolute Gasteiger partial charge is 0.467 e. The van der Waals surface area contributed by atoms with E-state index in [1.165, 1.54) is 12.7 Å². The molecule has 1 aliphatic heterocycles. The highest BCUT2D eigenvalue weighted by Gasteiger charge is 2.62. The third-order valence-electron chi connectivity index (χ3n) is 3.39. The summed E-state index contributed by atoms with van der Waals surface area (Å²) in [6.45, 7) is 6.27. The quantitative estimate of drug-likeness (QED) is 0.607. The number of ether oxygens (including phenoxy) is 2. The molecular weight excluding hydrogens is 228 g/mol. The van der Waals surface area contributed by atoms with Gasteiger partial charge in [0.05, 0.1) is 7.11 Å². The molecule has 0 spiro atoms. The number of benzene rings is 1. The number of carbonyl (C=O) groups excluding carboxylic acids is 1. The minimum Gasteiger partial charge on any atom is -0.467 e. The lowest BCUT2D eigenvalue weighted by atomic mass is 9.93. The first-order valence-electron chi connectivity index (χ1n) is 6.36. The van der Waals surface area contributed by atoms with Gasteiger partial charge in [-0.25, -0.2) is 4.79 Å². The molecule has 3 nitrogen and oxygen atoms in total. The Morgan fingerprint density at radius 1 is 1.39 bits per heavy atom. The third kappa shape index (κ3) is 2.15. The van der Waals surface area contributed by atoms with Gasteiger partial charge in [-0.3, -0.25) is 0 Å². The normalized spacial score (nSPS) is 26.2. The van der Waals surface area contributed by atoms with E-state index in [9.17, 15) is 4.79 Å². The predicted molar refractivity (Wildman–Crippen MR) is 69.2 cm³/mol. The Balaban J connectivity index is 2.21. The lowest BCUT2D eigenvalue weighted by molar-refractivity contribution is -0.147. The van der Waals surface area contributed by atoms with Gasteiger partial charge < -0.3 is 9.47 Å². The SMILES string of the molecule is COC(=O)C1(c2ccc(CC(C)C)cc2)OC1C. The van der Waals surface area contributed by atoms with E-state index in [4.69, 9.17) is 9.47 Å². The van der Waals surface area contributed by atoms with E-state index >= 15 is 0 Å². The van der Waals surface area contributed by atoms with E-state index in [-0.39, 0.29) is 12.1 Å². The topological polar surface area (TPSA) is 38.8 Å². The molecule has 0 bridgehead atoms. The van der Waals surface area contributed by atoms with Crippen LogP contribution in [0.15, 0.2) is 24.3 Å². The number of hydrogen-bond donors (Lipinski definition) is 0. The second kappa shape index (κ2) is 4.73. The number of methoxy groups -OCH3 is 1.